The van der Waals surface area contributed by atoms with E-state index in [1.165, 1.54) is 5.56 Å². The lowest BCUT2D eigenvalue weighted by Crippen LogP contribution is -2.47. The maximum absolute atomic E-state index is 10.8. The molecule has 0 aliphatic carbocycles. The number of rotatable bonds is 10. The topological polar surface area (TPSA) is 94.2 Å². The maximum Gasteiger partial charge on any atom is 0.317 e. The largest absolute Gasteiger partial charge is 0.480 e. The van der Waals surface area contributed by atoms with Gasteiger partial charge in [-0.2, -0.15) is 5.10 Å². The highest BCUT2D eigenvalue weighted by atomic mass is 16.5. The number of nitrogens with one attached hydrogen (secondary N) is 1. The van der Waals surface area contributed by atoms with Gasteiger partial charge in [-0.3, -0.25) is 14.6 Å². The third-order valence-electron chi connectivity index (χ3n) is 5.64. The van der Waals surface area contributed by atoms with Gasteiger partial charge in [-0.1, -0.05) is 59.8 Å². The normalized spacial score (nSPS) is 15.2. The fraction of sp³-hybridized carbons (Fsp3) is 0.320. The number of carbonyl (C=O) groups is 1. The number of nitrogens with zero attached hydrogens (tertiary/aromatic N) is 4. The monoisotopic (exact) mass is 447 g/mol. The Morgan fingerprint density at radius 3 is 2.52 bits per heavy atom. The maximum atomic E-state index is 10.8. The highest BCUT2D eigenvalue weighted by Crippen LogP contribution is 2.20. The minimum atomic E-state index is -0.778. The standard InChI is InChI=1S/C25H29N5O3/c31-25(32)19-30-14-12-29(13-15-30)18-23-16-24(28-33-23)22-8-6-21(7-9-22)17-27-26-11-10-20-4-2-1-3-5-20/h1-9,16-17,26H,10-15,18-19H2,(H,31,32). The van der Waals surface area contributed by atoms with Gasteiger partial charge >= 0.3 is 5.97 Å². The predicted octanol–water partition coefficient (Wildman–Crippen LogP) is 2.71. The summed E-state index contributed by atoms with van der Waals surface area (Å²) < 4.78 is 5.54. The van der Waals surface area contributed by atoms with E-state index in [9.17, 15) is 4.79 Å². The molecule has 8 heteroatoms. The average molecular weight is 448 g/mol. The van der Waals surface area contributed by atoms with Crippen molar-refractivity contribution in [2.45, 2.75) is 13.0 Å². The van der Waals surface area contributed by atoms with Crippen LogP contribution in [0.4, 0.5) is 0 Å². The van der Waals surface area contributed by atoms with Gasteiger partial charge in [0.2, 0.25) is 0 Å². The predicted molar refractivity (Wildman–Crippen MR) is 127 cm³/mol. The molecule has 0 atom stereocenters. The molecule has 0 spiro atoms. The minimum Gasteiger partial charge on any atom is -0.480 e. The van der Waals surface area contributed by atoms with E-state index in [4.69, 9.17) is 9.63 Å². The van der Waals surface area contributed by atoms with Crippen LogP contribution < -0.4 is 5.43 Å². The Morgan fingerprint density at radius 1 is 1.06 bits per heavy atom. The van der Waals surface area contributed by atoms with E-state index in [1.807, 2.05) is 59.6 Å². The van der Waals surface area contributed by atoms with Gasteiger partial charge in [0, 0.05) is 44.4 Å². The van der Waals surface area contributed by atoms with E-state index in [1.54, 1.807) is 0 Å². The Kier molecular flexibility index (Phi) is 7.84. The summed E-state index contributed by atoms with van der Waals surface area (Å²) in [6.45, 7) is 4.69. The summed E-state index contributed by atoms with van der Waals surface area (Å²) in [7, 11) is 0. The number of aromatic nitrogens is 1. The van der Waals surface area contributed by atoms with Crippen molar-refractivity contribution >= 4 is 12.2 Å². The van der Waals surface area contributed by atoms with E-state index in [0.717, 1.165) is 61.7 Å². The van der Waals surface area contributed by atoms with Crippen LogP contribution in [0.25, 0.3) is 11.3 Å². The Labute approximate surface area is 193 Å². The highest BCUT2D eigenvalue weighted by Gasteiger charge is 2.20. The molecule has 0 radical (unpaired) electrons. The van der Waals surface area contributed by atoms with E-state index < -0.39 is 5.97 Å². The molecule has 1 fully saturated rings. The van der Waals surface area contributed by atoms with Gasteiger partial charge in [-0.15, -0.1) is 0 Å². The van der Waals surface area contributed by atoms with Crippen molar-refractivity contribution in [3.05, 3.63) is 77.6 Å². The summed E-state index contributed by atoms with van der Waals surface area (Å²) >= 11 is 0. The Hall–Kier alpha value is -3.49. The van der Waals surface area contributed by atoms with E-state index in [0.29, 0.717) is 6.54 Å². The van der Waals surface area contributed by atoms with Gasteiger partial charge in [0.1, 0.15) is 5.69 Å². The van der Waals surface area contributed by atoms with E-state index in [-0.39, 0.29) is 6.54 Å². The lowest BCUT2D eigenvalue weighted by atomic mass is 10.1. The molecule has 2 aromatic carbocycles. The summed E-state index contributed by atoms with van der Waals surface area (Å²) in [5, 5.41) is 17.4. The second-order valence-corrected chi connectivity index (χ2v) is 8.15. The van der Waals surface area contributed by atoms with Crippen molar-refractivity contribution in [3.63, 3.8) is 0 Å². The smallest absolute Gasteiger partial charge is 0.317 e. The molecule has 2 N–H and O–H groups in total. The van der Waals surface area contributed by atoms with Crippen molar-refractivity contribution in [3.8, 4) is 11.3 Å². The summed E-state index contributed by atoms with van der Waals surface area (Å²) in [6.07, 6.45) is 2.75. The number of hydrazone groups is 1. The number of carboxylic acids is 1. The molecule has 1 aromatic heterocycles. The first-order valence-electron chi connectivity index (χ1n) is 11.2. The summed E-state index contributed by atoms with van der Waals surface area (Å²) in [5.74, 6) is 0.0323. The van der Waals surface area contributed by atoms with Crippen molar-refractivity contribution in [1.82, 2.24) is 20.4 Å². The van der Waals surface area contributed by atoms with Crippen LogP contribution in [0.15, 0.2) is 70.3 Å². The quantitative estimate of drug-likeness (QED) is 0.280. The molecule has 0 amide bonds. The molecule has 1 aliphatic heterocycles. The highest BCUT2D eigenvalue weighted by molar-refractivity contribution is 5.80. The average Bonchev–Trinajstić information content (AvgIpc) is 3.29. The zero-order valence-electron chi connectivity index (χ0n) is 18.6. The molecular weight excluding hydrogens is 418 g/mol. The van der Waals surface area contributed by atoms with Gasteiger partial charge in [-0.05, 0) is 17.5 Å². The third-order valence-corrected chi connectivity index (χ3v) is 5.64. The number of piperazine rings is 1. The van der Waals surface area contributed by atoms with Crippen LogP contribution in [0.1, 0.15) is 16.9 Å². The van der Waals surface area contributed by atoms with Crippen molar-refractivity contribution < 1.29 is 14.4 Å². The molecule has 1 saturated heterocycles. The molecule has 1 aliphatic rings. The Bertz CT molecular complexity index is 1040. The van der Waals surface area contributed by atoms with Gasteiger partial charge in [0.25, 0.3) is 0 Å². The molecule has 0 bridgehead atoms. The molecule has 4 rings (SSSR count). The van der Waals surface area contributed by atoms with Crippen LogP contribution in [-0.2, 0) is 17.8 Å². The van der Waals surface area contributed by atoms with E-state index in [2.05, 4.69) is 32.7 Å². The number of hydrogen-bond donors (Lipinski definition) is 2. The van der Waals surface area contributed by atoms with Crippen LogP contribution in [-0.4, -0.2) is 71.5 Å². The van der Waals surface area contributed by atoms with Crippen molar-refractivity contribution in [2.75, 3.05) is 39.3 Å². The molecule has 0 unspecified atom stereocenters. The fourth-order valence-electron chi connectivity index (χ4n) is 3.81. The third kappa shape index (κ3) is 7.00. The fourth-order valence-corrected chi connectivity index (χ4v) is 3.81. The van der Waals surface area contributed by atoms with Crippen LogP contribution in [0.2, 0.25) is 0 Å². The lowest BCUT2D eigenvalue weighted by molar-refractivity contribution is -0.138. The number of carboxylic acid groups (broad SMARTS) is 1. The minimum absolute atomic E-state index is 0.102. The first kappa shape index (κ1) is 22.7. The Morgan fingerprint density at radius 2 is 1.79 bits per heavy atom. The van der Waals surface area contributed by atoms with Gasteiger partial charge in [0.05, 0.1) is 19.3 Å². The first-order valence-corrected chi connectivity index (χ1v) is 11.2. The van der Waals surface area contributed by atoms with Gasteiger partial charge < -0.3 is 15.1 Å². The molecular formula is C25H29N5O3. The molecule has 8 nitrogen and oxygen atoms in total. The van der Waals surface area contributed by atoms with Crippen LogP contribution in [0.5, 0.6) is 0 Å². The molecule has 172 valence electrons. The summed E-state index contributed by atoms with van der Waals surface area (Å²) in [5.41, 5.74) is 7.18. The van der Waals surface area contributed by atoms with Gasteiger partial charge in [-0.25, -0.2) is 0 Å². The zero-order valence-corrected chi connectivity index (χ0v) is 18.6. The summed E-state index contributed by atoms with van der Waals surface area (Å²) in [6, 6.07) is 20.3. The molecule has 2 heterocycles. The second-order valence-electron chi connectivity index (χ2n) is 8.15. The summed E-state index contributed by atoms with van der Waals surface area (Å²) in [4.78, 5) is 15.0. The van der Waals surface area contributed by atoms with Crippen LogP contribution >= 0.6 is 0 Å². The Balaban J connectivity index is 1.23. The van der Waals surface area contributed by atoms with E-state index >= 15 is 0 Å². The second kappa shape index (κ2) is 11.4. The molecule has 3 aromatic rings. The van der Waals surface area contributed by atoms with Crippen LogP contribution in [0.3, 0.4) is 0 Å². The SMILES string of the molecule is O=C(O)CN1CCN(Cc2cc(-c3ccc(C=NNCCc4ccccc4)cc3)no2)CC1. The van der Waals surface area contributed by atoms with Crippen LogP contribution in [0, 0.1) is 0 Å². The van der Waals surface area contributed by atoms with Gasteiger partial charge in [0.15, 0.2) is 5.76 Å². The zero-order chi connectivity index (χ0) is 22.9. The molecule has 33 heavy (non-hydrogen) atoms. The number of aliphatic carboxylic acids is 1. The number of benzene rings is 2. The van der Waals surface area contributed by atoms with Crippen molar-refractivity contribution in [1.29, 1.82) is 0 Å². The molecule has 0 saturated carbocycles. The first-order chi connectivity index (χ1) is 16.2. The number of hydrogen-bond acceptors (Lipinski definition) is 7. The lowest BCUT2D eigenvalue weighted by Gasteiger charge is -2.33. The van der Waals surface area contributed by atoms with Crippen molar-refractivity contribution in [2.24, 2.45) is 5.10 Å².